The minimum Gasteiger partial charge on any atom is -0.484 e. The molecule has 9 heteroatoms. The van der Waals surface area contributed by atoms with E-state index in [1.54, 1.807) is 18.2 Å². The summed E-state index contributed by atoms with van der Waals surface area (Å²) >= 11 is 0. The molecule has 0 radical (unpaired) electrons. The highest BCUT2D eigenvalue weighted by atomic mass is 16.7. The predicted molar refractivity (Wildman–Crippen MR) is 128 cm³/mol. The quantitative estimate of drug-likeness (QED) is 0.623. The van der Waals surface area contributed by atoms with Crippen molar-refractivity contribution in [1.29, 1.82) is 0 Å². The van der Waals surface area contributed by atoms with Gasteiger partial charge in [-0.15, -0.1) is 0 Å². The third-order valence-electron chi connectivity index (χ3n) is 6.55. The van der Waals surface area contributed by atoms with E-state index in [0.717, 1.165) is 26.1 Å². The lowest BCUT2D eigenvalue weighted by atomic mass is 10.1. The van der Waals surface area contributed by atoms with Crippen LogP contribution in [0.25, 0.3) is 0 Å². The summed E-state index contributed by atoms with van der Waals surface area (Å²) in [6, 6.07) is 14.7. The number of amides is 2. The molecule has 0 bridgehead atoms. The first-order valence-electron chi connectivity index (χ1n) is 12.1. The molecule has 1 atom stereocenters. The summed E-state index contributed by atoms with van der Waals surface area (Å²) in [7, 11) is 0. The highest BCUT2D eigenvalue weighted by Gasteiger charge is 2.29. The van der Waals surface area contributed by atoms with Gasteiger partial charge < -0.3 is 28.7 Å². The normalized spacial score (nSPS) is 20.4. The van der Waals surface area contributed by atoms with E-state index in [4.69, 9.17) is 18.9 Å². The summed E-state index contributed by atoms with van der Waals surface area (Å²) in [6.07, 6.45) is 0.828. The number of fused-ring (bicyclic) bond motifs is 1. The Morgan fingerprint density at radius 3 is 2.66 bits per heavy atom. The van der Waals surface area contributed by atoms with E-state index in [2.05, 4.69) is 4.90 Å². The maximum atomic E-state index is 13.1. The number of hydrogen-bond donors (Lipinski definition) is 0. The Morgan fingerprint density at radius 1 is 0.914 bits per heavy atom. The van der Waals surface area contributed by atoms with Gasteiger partial charge in [-0.25, -0.2) is 0 Å². The maximum absolute atomic E-state index is 13.1. The number of rotatable bonds is 6. The van der Waals surface area contributed by atoms with E-state index < -0.39 is 0 Å². The molecule has 2 amide bonds. The van der Waals surface area contributed by atoms with Gasteiger partial charge >= 0.3 is 0 Å². The fourth-order valence-corrected chi connectivity index (χ4v) is 4.67. The second-order valence-electron chi connectivity index (χ2n) is 8.95. The monoisotopic (exact) mass is 481 g/mol. The average Bonchev–Trinajstić information content (AvgIpc) is 3.25. The SMILES string of the molecule is O=C(COc1ccccc1)N1CCCN(C[C@@H]2CN(C(=O)c3ccc4c(c3)OCO4)CCO2)CC1. The van der Waals surface area contributed by atoms with Crippen LogP contribution in [-0.4, -0.2) is 98.4 Å². The molecule has 3 aliphatic rings. The van der Waals surface area contributed by atoms with E-state index >= 15 is 0 Å². The van der Waals surface area contributed by atoms with Gasteiger partial charge in [-0.05, 0) is 43.3 Å². The van der Waals surface area contributed by atoms with Crippen molar-refractivity contribution < 1.29 is 28.5 Å². The van der Waals surface area contributed by atoms with Crippen molar-refractivity contribution in [3.63, 3.8) is 0 Å². The molecule has 3 aliphatic heterocycles. The zero-order valence-corrected chi connectivity index (χ0v) is 19.8. The molecule has 0 aromatic heterocycles. The molecule has 2 saturated heterocycles. The largest absolute Gasteiger partial charge is 0.484 e. The molecule has 0 aliphatic carbocycles. The Bertz CT molecular complexity index is 1030. The van der Waals surface area contributed by atoms with E-state index in [9.17, 15) is 9.59 Å². The highest BCUT2D eigenvalue weighted by Crippen LogP contribution is 2.33. The molecular weight excluding hydrogens is 450 g/mol. The van der Waals surface area contributed by atoms with Crippen molar-refractivity contribution in [2.45, 2.75) is 12.5 Å². The Hall–Kier alpha value is -3.30. The lowest BCUT2D eigenvalue weighted by molar-refractivity contribution is -0.133. The molecular formula is C26H31N3O6. The smallest absolute Gasteiger partial charge is 0.260 e. The van der Waals surface area contributed by atoms with Gasteiger partial charge in [0.25, 0.3) is 11.8 Å². The highest BCUT2D eigenvalue weighted by molar-refractivity contribution is 5.95. The number of nitrogens with zero attached hydrogens (tertiary/aromatic N) is 3. The van der Waals surface area contributed by atoms with Crippen LogP contribution in [0.4, 0.5) is 0 Å². The van der Waals surface area contributed by atoms with Crippen LogP contribution in [0.5, 0.6) is 17.2 Å². The number of carbonyl (C=O) groups excluding carboxylic acids is 2. The van der Waals surface area contributed by atoms with Gasteiger partial charge in [0.1, 0.15) is 5.75 Å². The molecule has 5 rings (SSSR count). The minimum absolute atomic E-state index is 0.00474. The second-order valence-corrected chi connectivity index (χ2v) is 8.95. The Labute approximate surface area is 205 Å². The topological polar surface area (TPSA) is 80.8 Å². The lowest BCUT2D eigenvalue weighted by Crippen LogP contribution is -2.50. The van der Waals surface area contributed by atoms with Crippen molar-refractivity contribution in [3.8, 4) is 17.2 Å². The van der Waals surface area contributed by atoms with Gasteiger partial charge in [0.2, 0.25) is 6.79 Å². The first-order chi connectivity index (χ1) is 17.2. The van der Waals surface area contributed by atoms with Crippen LogP contribution in [0.2, 0.25) is 0 Å². The number of benzene rings is 2. The van der Waals surface area contributed by atoms with E-state index in [1.807, 2.05) is 40.1 Å². The number of morpholine rings is 1. The van der Waals surface area contributed by atoms with Crippen molar-refractivity contribution in [2.75, 3.05) is 65.8 Å². The van der Waals surface area contributed by atoms with Crippen LogP contribution in [-0.2, 0) is 9.53 Å². The fourth-order valence-electron chi connectivity index (χ4n) is 4.67. The zero-order valence-electron chi connectivity index (χ0n) is 19.8. The van der Waals surface area contributed by atoms with Crippen molar-refractivity contribution >= 4 is 11.8 Å². The third kappa shape index (κ3) is 5.86. The van der Waals surface area contributed by atoms with E-state index in [0.29, 0.717) is 55.6 Å². The molecule has 2 aromatic carbocycles. The number of para-hydroxylation sites is 1. The van der Waals surface area contributed by atoms with Crippen LogP contribution in [0.3, 0.4) is 0 Å². The van der Waals surface area contributed by atoms with Crippen LogP contribution in [0.1, 0.15) is 16.8 Å². The van der Waals surface area contributed by atoms with E-state index in [-0.39, 0.29) is 31.3 Å². The number of hydrogen-bond acceptors (Lipinski definition) is 7. The van der Waals surface area contributed by atoms with Crippen molar-refractivity contribution in [3.05, 3.63) is 54.1 Å². The molecule has 9 nitrogen and oxygen atoms in total. The fraction of sp³-hybridized carbons (Fsp3) is 0.462. The standard InChI is InChI=1S/C26H31N3O6/c30-25(18-33-21-5-2-1-3-6-21)28-10-4-9-27(11-12-28)16-22-17-29(13-14-32-22)26(31)20-7-8-23-24(15-20)35-19-34-23/h1-3,5-8,15,22H,4,9-14,16-19H2/t22-/m1/s1. The summed E-state index contributed by atoms with van der Waals surface area (Å²) in [5.74, 6) is 1.96. The van der Waals surface area contributed by atoms with E-state index in [1.165, 1.54) is 0 Å². The summed E-state index contributed by atoms with van der Waals surface area (Å²) < 4.78 is 22.4. The molecule has 2 fully saturated rings. The first-order valence-corrected chi connectivity index (χ1v) is 12.1. The molecule has 0 N–H and O–H groups in total. The van der Waals surface area contributed by atoms with Gasteiger partial charge in [-0.3, -0.25) is 14.5 Å². The summed E-state index contributed by atoms with van der Waals surface area (Å²) in [5, 5.41) is 0. The first kappa shape index (κ1) is 23.4. The maximum Gasteiger partial charge on any atom is 0.260 e. The van der Waals surface area contributed by atoms with Crippen LogP contribution in [0, 0.1) is 0 Å². The zero-order chi connectivity index (χ0) is 24.0. The molecule has 0 saturated carbocycles. The molecule has 186 valence electrons. The Kier molecular flexibility index (Phi) is 7.34. The summed E-state index contributed by atoms with van der Waals surface area (Å²) in [4.78, 5) is 31.8. The Morgan fingerprint density at radius 2 is 1.77 bits per heavy atom. The molecule has 0 unspecified atom stereocenters. The van der Waals surface area contributed by atoms with Crippen LogP contribution in [0.15, 0.2) is 48.5 Å². The summed E-state index contributed by atoms with van der Waals surface area (Å²) in [5.41, 5.74) is 0.594. The Balaban J connectivity index is 1.10. The van der Waals surface area contributed by atoms with Crippen molar-refractivity contribution in [1.82, 2.24) is 14.7 Å². The number of carbonyl (C=O) groups is 2. The van der Waals surface area contributed by atoms with Crippen molar-refractivity contribution in [2.24, 2.45) is 0 Å². The molecule has 0 spiro atoms. The molecule has 35 heavy (non-hydrogen) atoms. The minimum atomic E-state index is -0.0645. The summed E-state index contributed by atoms with van der Waals surface area (Å²) in [6.45, 7) is 5.61. The second kappa shape index (κ2) is 11.0. The van der Waals surface area contributed by atoms with Crippen LogP contribution >= 0.6 is 0 Å². The van der Waals surface area contributed by atoms with Gasteiger partial charge in [0.15, 0.2) is 18.1 Å². The molecule has 3 heterocycles. The average molecular weight is 482 g/mol. The van der Waals surface area contributed by atoms with Gasteiger partial charge in [-0.2, -0.15) is 0 Å². The van der Waals surface area contributed by atoms with Crippen LogP contribution < -0.4 is 14.2 Å². The number of ether oxygens (including phenoxy) is 4. The lowest BCUT2D eigenvalue weighted by Gasteiger charge is -2.35. The third-order valence-corrected chi connectivity index (χ3v) is 6.55. The van der Waals surface area contributed by atoms with Gasteiger partial charge in [0.05, 0.1) is 12.7 Å². The molecule has 2 aromatic rings. The predicted octanol–water partition coefficient (Wildman–Crippen LogP) is 1.87. The van der Waals surface area contributed by atoms with Gasteiger partial charge in [-0.1, -0.05) is 18.2 Å². The van der Waals surface area contributed by atoms with Gasteiger partial charge in [0, 0.05) is 44.8 Å².